The number of esters is 1. The Morgan fingerprint density at radius 3 is 2.33 bits per heavy atom. The number of aromatic hydroxyl groups is 1. The second-order valence-electron chi connectivity index (χ2n) is 4.50. The van der Waals surface area contributed by atoms with Gasteiger partial charge in [0.05, 0.1) is 0 Å². The molecule has 5 heteroatoms. The van der Waals surface area contributed by atoms with Gasteiger partial charge in [0.1, 0.15) is 17.1 Å². The van der Waals surface area contributed by atoms with E-state index in [1.807, 2.05) is 0 Å². The van der Waals surface area contributed by atoms with Gasteiger partial charge in [-0.3, -0.25) is 4.79 Å². The summed E-state index contributed by atoms with van der Waals surface area (Å²) in [6.07, 6.45) is 0.260. The largest absolute Gasteiger partial charge is 0.508 e. The summed E-state index contributed by atoms with van der Waals surface area (Å²) in [4.78, 5) is 22.4. The Labute approximate surface area is 121 Å². The summed E-state index contributed by atoms with van der Waals surface area (Å²) in [5, 5.41) is 19.0. The number of carbonyl (C=O) groups excluding carboxylic acids is 1. The maximum Gasteiger partial charge on any atom is 0.339 e. The first-order chi connectivity index (χ1) is 9.99. The van der Waals surface area contributed by atoms with Crippen molar-refractivity contribution in [2.45, 2.75) is 13.3 Å². The van der Waals surface area contributed by atoms with Crippen LogP contribution in [0.15, 0.2) is 42.5 Å². The molecule has 0 saturated carbocycles. The van der Waals surface area contributed by atoms with E-state index in [1.54, 1.807) is 36.4 Å². The van der Waals surface area contributed by atoms with E-state index in [4.69, 9.17) is 4.74 Å². The molecule has 2 rings (SSSR count). The zero-order valence-electron chi connectivity index (χ0n) is 11.4. The van der Waals surface area contributed by atoms with Crippen molar-refractivity contribution >= 4 is 11.9 Å². The van der Waals surface area contributed by atoms with E-state index in [9.17, 15) is 19.8 Å². The van der Waals surface area contributed by atoms with E-state index in [-0.39, 0.29) is 23.5 Å². The second kappa shape index (κ2) is 6.09. The van der Waals surface area contributed by atoms with Gasteiger partial charge in [0.25, 0.3) is 0 Å². The molecule has 0 amide bonds. The van der Waals surface area contributed by atoms with Crippen molar-refractivity contribution in [2.24, 2.45) is 0 Å². The van der Waals surface area contributed by atoms with Crippen LogP contribution in [0.1, 0.15) is 28.4 Å². The molecule has 0 aliphatic rings. The molecule has 0 bridgehead atoms. The molecular formula is C16H14O5. The molecule has 2 aromatic carbocycles. The smallest absolute Gasteiger partial charge is 0.339 e. The van der Waals surface area contributed by atoms with E-state index in [0.717, 1.165) is 0 Å². The molecule has 0 radical (unpaired) electrons. The second-order valence-corrected chi connectivity index (χ2v) is 4.50. The van der Waals surface area contributed by atoms with Gasteiger partial charge >= 0.3 is 11.9 Å². The molecule has 0 saturated heterocycles. The standard InChI is InChI=1S/C16H14O5/c1-10(17)21-15-12(6-4-7-13(15)16(19)20)9-11-5-2-3-8-14(11)18/h2-8,18H,9H2,1H3,(H,19,20). The molecular weight excluding hydrogens is 272 g/mol. The third-order valence-electron chi connectivity index (χ3n) is 2.95. The van der Waals surface area contributed by atoms with Crippen molar-refractivity contribution in [3.8, 4) is 11.5 Å². The van der Waals surface area contributed by atoms with Gasteiger partial charge in [-0.2, -0.15) is 0 Å². The molecule has 0 heterocycles. The van der Waals surface area contributed by atoms with Gasteiger partial charge in [-0.05, 0) is 17.7 Å². The van der Waals surface area contributed by atoms with Crippen LogP contribution in [0.4, 0.5) is 0 Å². The minimum Gasteiger partial charge on any atom is -0.508 e. The molecule has 2 N–H and O–H groups in total. The summed E-state index contributed by atoms with van der Waals surface area (Å²) < 4.78 is 5.05. The minimum atomic E-state index is -1.18. The van der Waals surface area contributed by atoms with Gasteiger partial charge in [-0.15, -0.1) is 0 Å². The molecule has 0 aliphatic carbocycles. The maximum absolute atomic E-state index is 11.2. The van der Waals surface area contributed by atoms with Gasteiger partial charge < -0.3 is 14.9 Å². The molecule has 0 aliphatic heterocycles. The van der Waals surface area contributed by atoms with E-state index in [1.165, 1.54) is 13.0 Å². The first-order valence-electron chi connectivity index (χ1n) is 6.29. The third-order valence-corrected chi connectivity index (χ3v) is 2.95. The molecule has 21 heavy (non-hydrogen) atoms. The molecule has 108 valence electrons. The first-order valence-corrected chi connectivity index (χ1v) is 6.29. The van der Waals surface area contributed by atoms with Crippen molar-refractivity contribution in [3.05, 3.63) is 59.2 Å². The maximum atomic E-state index is 11.2. The molecule has 0 fully saturated rings. The van der Waals surface area contributed by atoms with Gasteiger partial charge in [-0.25, -0.2) is 4.79 Å². The Balaban J connectivity index is 2.47. The average Bonchev–Trinajstić information content (AvgIpc) is 2.42. The van der Waals surface area contributed by atoms with Crippen LogP contribution in [-0.4, -0.2) is 22.2 Å². The summed E-state index contributed by atoms with van der Waals surface area (Å²) in [6, 6.07) is 11.3. The zero-order valence-corrected chi connectivity index (χ0v) is 11.4. The zero-order chi connectivity index (χ0) is 15.4. The van der Waals surface area contributed by atoms with Crippen molar-refractivity contribution in [2.75, 3.05) is 0 Å². The van der Waals surface area contributed by atoms with Crippen LogP contribution in [0.5, 0.6) is 11.5 Å². The van der Waals surface area contributed by atoms with Crippen LogP contribution >= 0.6 is 0 Å². The summed E-state index contributed by atoms with van der Waals surface area (Å²) in [5.74, 6) is -1.65. The Kier molecular flexibility index (Phi) is 4.23. The van der Waals surface area contributed by atoms with E-state index in [2.05, 4.69) is 0 Å². The summed E-state index contributed by atoms with van der Waals surface area (Å²) in [7, 11) is 0. The fourth-order valence-electron chi connectivity index (χ4n) is 2.02. The van der Waals surface area contributed by atoms with E-state index < -0.39 is 11.9 Å². The number of rotatable bonds is 4. The highest BCUT2D eigenvalue weighted by molar-refractivity contribution is 5.92. The van der Waals surface area contributed by atoms with Crippen LogP contribution in [0.3, 0.4) is 0 Å². The number of ether oxygens (including phenoxy) is 1. The highest BCUT2D eigenvalue weighted by atomic mass is 16.5. The van der Waals surface area contributed by atoms with Gasteiger partial charge in [0, 0.05) is 18.9 Å². The number of benzene rings is 2. The number of aromatic carboxylic acids is 1. The first kappa shape index (κ1) is 14.6. The summed E-state index contributed by atoms with van der Waals surface area (Å²) in [6.45, 7) is 1.21. The van der Waals surface area contributed by atoms with E-state index in [0.29, 0.717) is 11.1 Å². The SMILES string of the molecule is CC(=O)Oc1c(Cc2ccccc2O)cccc1C(=O)O. The lowest BCUT2D eigenvalue weighted by atomic mass is 10.0. The quantitative estimate of drug-likeness (QED) is 0.666. The van der Waals surface area contributed by atoms with Gasteiger partial charge in [0.15, 0.2) is 0 Å². The number of carbonyl (C=O) groups is 2. The highest BCUT2D eigenvalue weighted by Crippen LogP contribution is 2.29. The molecule has 5 nitrogen and oxygen atoms in total. The lowest BCUT2D eigenvalue weighted by molar-refractivity contribution is -0.131. The topological polar surface area (TPSA) is 83.8 Å². The minimum absolute atomic E-state index is 0.0146. The molecule has 0 unspecified atom stereocenters. The number of para-hydroxylation sites is 2. The fourth-order valence-corrected chi connectivity index (χ4v) is 2.02. The molecule has 0 atom stereocenters. The van der Waals surface area contributed by atoms with Crippen LogP contribution < -0.4 is 4.74 Å². The van der Waals surface area contributed by atoms with Gasteiger partial charge in [0.2, 0.25) is 0 Å². The van der Waals surface area contributed by atoms with Crippen LogP contribution in [0, 0.1) is 0 Å². The Hall–Kier alpha value is -2.82. The summed E-state index contributed by atoms with van der Waals surface area (Å²) in [5.41, 5.74) is 1.05. The molecule has 2 aromatic rings. The number of phenolic OH excluding ortho intramolecular Hbond substituents is 1. The number of carboxylic acid groups (broad SMARTS) is 1. The third kappa shape index (κ3) is 3.39. The lowest BCUT2D eigenvalue weighted by Crippen LogP contribution is -2.10. The predicted molar refractivity (Wildman–Crippen MR) is 75.6 cm³/mol. The molecule has 0 spiro atoms. The predicted octanol–water partition coefficient (Wildman–Crippen LogP) is 2.61. The average molecular weight is 286 g/mol. The Bertz CT molecular complexity index is 691. The normalized spacial score (nSPS) is 10.1. The lowest BCUT2D eigenvalue weighted by Gasteiger charge is -2.12. The van der Waals surface area contributed by atoms with Crippen molar-refractivity contribution in [1.82, 2.24) is 0 Å². The monoisotopic (exact) mass is 286 g/mol. The van der Waals surface area contributed by atoms with Crippen molar-refractivity contribution < 1.29 is 24.5 Å². The van der Waals surface area contributed by atoms with Crippen molar-refractivity contribution in [1.29, 1.82) is 0 Å². The van der Waals surface area contributed by atoms with Crippen LogP contribution in [0.2, 0.25) is 0 Å². The highest BCUT2D eigenvalue weighted by Gasteiger charge is 2.18. The number of hydrogen-bond donors (Lipinski definition) is 2. The molecule has 0 aromatic heterocycles. The number of hydrogen-bond acceptors (Lipinski definition) is 4. The summed E-state index contributed by atoms with van der Waals surface area (Å²) >= 11 is 0. The Morgan fingerprint density at radius 1 is 1.05 bits per heavy atom. The Morgan fingerprint density at radius 2 is 1.71 bits per heavy atom. The van der Waals surface area contributed by atoms with Gasteiger partial charge in [-0.1, -0.05) is 30.3 Å². The van der Waals surface area contributed by atoms with Crippen LogP contribution in [0.25, 0.3) is 0 Å². The fraction of sp³-hybridized carbons (Fsp3) is 0.125. The van der Waals surface area contributed by atoms with E-state index >= 15 is 0 Å². The number of phenols is 1. The number of carboxylic acids is 1. The van der Waals surface area contributed by atoms with Crippen molar-refractivity contribution in [3.63, 3.8) is 0 Å². The van der Waals surface area contributed by atoms with Crippen LogP contribution in [-0.2, 0) is 11.2 Å².